The third-order valence-electron chi connectivity index (χ3n) is 4.03. The summed E-state index contributed by atoms with van der Waals surface area (Å²) in [7, 11) is 3.82. The maximum absolute atomic E-state index is 13.1. The van der Waals surface area contributed by atoms with E-state index in [9.17, 15) is 4.79 Å². The molecule has 114 valence electrons. The van der Waals surface area contributed by atoms with Crippen LogP contribution in [0, 0.1) is 5.92 Å². The van der Waals surface area contributed by atoms with Crippen LogP contribution in [-0.2, 0) is 6.42 Å². The summed E-state index contributed by atoms with van der Waals surface area (Å²) in [5.41, 5.74) is 2.92. The summed E-state index contributed by atoms with van der Waals surface area (Å²) >= 11 is 0. The molecule has 1 atom stereocenters. The van der Waals surface area contributed by atoms with Crippen LogP contribution < -0.4 is 9.80 Å². The van der Waals surface area contributed by atoms with Crippen LogP contribution in [0.5, 0.6) is 0 Å². The molecule has 1 aliphatic rings. The van der Waals surface area contributed by atoms with Crippen LogP contribution >= 0.6 is 0 Å². The minimum Gasteiger partial charge on any atom is -0.362 e. The largest absolute Gasteiger partial charge is 0.362 e. The van der Waals surface area contributed by atoms with Crippen molar-refractivity contribution in [2.75, 3.05) is 30.4 Å². The predicted molar refractivity (Wildman–Crippen MR) is 89.6 cm³/mol. The summed E-state index contributed by atoms with van der Waals surface area (Å²) in [6, 6.07) is 11.8. The summed E-state index contributed by atoms with van der Waals surface area (Å²) in [4.78, 5) is 21.2. The zero-order valence-corrected chi connectivity index (χ0v) is 13.3. The number of para-hydroxylation sites is 1. The maximum Gasteiger partial charge on any atom is 0.262 e. The van der Waals surface area contributed by atoms with Crippen molar-refractivity contribution < 1.29 is 4.79 Å². The molecule has 22 heavy (non-hydrogen) atoms. The van der Waals surface area contributed by atoms with Crippen molar-refractivity contribution >= 4 is 17.4 Å². The molecule has 4 heteroatoms. The lowest BCUT2D eigenvalue weighted by Gasteiger charge is -2.33. The molecule has 1 aromatic carbocycles. The van der Waals surface area contributed by atoms with Gasteiger partial charge in [-0.25, -0.2) is 4.98 Å². The summed E-state index contributed by atoms with van der Waals surface area (Å²) in [5.74, 6) is 1.19. The number of rotatable bonds is 2. The number of carbonyl (C=O) groups excluding carboxylic acids is 1. The van der Waals surface area contributed by atoms with Gasteiger partial charge in [-0.15, -0.1) is 0 Å². The Labute approximate surface area is 131 Å². The highest BCUT2D eigenvalue weighted by atomic mass is 16.2. The van der Waals surface area contributed by atoms with Crippen molar-refractivity contribution in [3.8, 4) is 0 Å². The molecule has 0 radical (unpaired) electrons. The SMILES string of the molecule is CC1Cc2ccccc2N(C(=O)c2cccnc2N(C)C)C1. The number of aromatic nitrogens is 1. The fourth-order valence-corrected chi connectivity index (χ4v) is 3.05. The van der Waals surface area contributed by atoms with Gasteiger partial charge in [-0.2, -0.15) is 0 Å². The second-order valence-electron chi connectivity index (χ2n) is 6.12. The lowest BCUT2D eigenvalue weighted by atomic mass is 9.93. The van der Waals surface area contributed by atoms with Gasteiger partial charge in [0.25, 0.3) is 5.91 Å². The average molecular weight is 295 g/mol. The molecule has 0 saturated heterocycles. The van der Waals surface area contributed by atoms with Crippen molar-refractivity contribution in [1.29, 1.82) is 0 Å². The zero-order valence-electron chi connectivity index (χ0n) is 13.3. The van der Waals surface area contributed by atoms with Gasteiger partial charge in [0.1, 0.15) is 5.82 Å². The van der Waals surface area contributed by atoms with Crippen LogP contribution in [0.25, 0.3) is 0 Å². The highest BCUT2D eigenvalue weighted by molar-refractivity contribution is 6.09. The minimum atomic E-state index is 0.0239. The van der Waals surface area contributed by atoms with E-state index in [0.29, 0.717) is 17.3 Å². The van der Waals surface area contributed by atoms with Gasteiger partial charge in [0.2, 0.25) is 0 Å². The molecule has 0 spiro atoms. The molecule has 2 aromatic rings. The second kappa shape index (κ2) is 5.79. The van der Waals surface area contributed by atoms with Gasteiger partial charge in [-0.1, -0.05) is 25.1 Å². The summed E-state index contributed by atoms with van der Waals surface area (Å²) in [6.45, 7) is 2.93. The van der Waals surface area contributed by atoms with Gasteiger partial charge in [-0.05, 0) is 36.1 Å². The molecule has 1 amide bonds. The quantitative estimate of drug-likeness (QED) is 0.854. The first-order valence-corrected chi connectivity index (χ1v) is 7.60. The van der Waals surface area contributed by atoms with E-state index in [1.807, 2.05) is 54.2 Å². The van der Waals surface area contributed by atoms with Gasteiger partial charge >= 0.3 is 0 Å². The molecule has 1 aromatic heterocycles. The summed E-state index contributed by atoms with van der Waals surface area (Å²) in [6.07, 6.45) is 2.74. The molecule has 0 fully saturated rings. The van der Waals surface area contributed by atoms with Gasteiger partial charge in [0.15, 0.2) is 0 Å². The standard InChI is InChI=1S/C18H21N3O/c1-13-11-14-7-4-5-9-16(14)21(12-13)18(22)15-8-6-10-19-17(15)20(2)3/h4-10,13H,11-12H2,1-3H3. The van der Waals surface area contributed by atoms with E-state index in [4.69, 9.17) is 0 Å². The molecule has 0 saturated carbocycles. The molecule has 1 aliphatic heterocycles. The number of amides is 1. The monoisotopic (exact) mass is 295 g/mol. The molecule has 0 N–H and O–H groups in total. The molecule has 3 rings (SSSR count). The van der Waals surface area contributed by atoms with Crippen LogP contribution in [0.4, 0.5) is 11.5 Å². The molecular weight excluding hydrogens is 274 g/mol. The normalized spacial score (nSPS) is 17.0. The van der Waals surface area contributed by atoms with Crippen molar-refractivity contribution in [2.24, 2.45) is 5.92 Å². The first-order chi connectivity index (χ1) is 10.6. The smallest absolute Gasteiger partial charge is 0.262 e. The Morgan fingerprint density at radius 2 is 2.00 bits per heavy atom. The maximum atomic E-state index is 13.1. The van der Waals surface area contributed by atoms with E-state index >= 15 is 0 Å². The average Bonchev–Trinajstić information content (AvgIpc) is 2.53. The Morgan fingerprint density at radius 3 is 2.77 bits per heavy atom. The zero-order chi connectivity index (χ0) is 15.7. The number of carbonyl (C=O) groups is 1. The van der Waals surface area contributed by atoms with Crippen LogP contribution in [0.15, 0.2) is 42.6 Å². The first kappa shape index (κ1) is 14.6. The lowest BCUT2D eigenvalue weighted by molar-refractivity contribution is 0.0981. The Morgan fingerprint density at radius 1 is 1.23 bits per heavy atom. The Kier molecular flexibility index (Phi) is 3.84. The van der Waals surface area contributed by atoms with Crippen LogP contribution in [0.2, 0.25) is 0 Å². The highest BCUT2D eigenvalue weighted by Gasteiger charge is 2.28. The fraction of sp³-hybridized carbons (Fsp3) is 0.333. The van der Waals surface area contributed by atoms with Crippen molar-refractivity contribution in [3.05, 3.63) is 53.7 Å². The van der Waals surface area contributed by atoms with Crippen molar-refractivity contribution in [1.82, 2.24) is 4.98 Å². The first-order valence-electron chi connectivity index (χ1n) is 7.60. The Hall–Kier alpha value is -2.36. The number of hydrogen-bond donors (Lipinski definition) is 0. The summed E-state index contributed by atoms with van der Waals surface area (Å²) < 4.78 is 0. The number of anilines is 2. The molecule has 2 heterocycles. The van der Waals surface area contributed by atoms with E-state index < -0.39 is 0 Å². The van der Waals surface area contributed by atoms with Crippen LogP contribution in [0.1, 0.15) is 22.8 Å². The molecular formula is C18H21N3O. The second-order valence-corrected chi connectivity index (χ2v) is 6.12. The van der Waals surface area contributed by atoms with Crippen molar-refractivity contribution in [3.63, 3.8) is 0 Å². The Balaban J connectivity index is 2.03. The number of benzene rings is 1. The number of nitrogens with zero attached hydrogens (tertiary/aromatic N) is 3. The van der Waals surface area contributed by atoms with E-state index in [-0.39, 0.29) is 5.91 Å². The molecule has 0 aliphatic carbocycles. The van der Waals surface area contributed by atoms with Gasteiger partial charge in [0, 0.05) is 32.5 Å². The third kappa shape index (κ3) is 2.56. The van der Waals surface area contributed by atoms with Gasteiger partial charge in [0.05, 0.1) is 5.56 Å². The molecule has 1 unspecified atom stereocenters. The van der Waals surface area contributed by atoms with Crippen LogP contribution in [-0.4, -0.2) is 31.5 Å². The summed E-state index contributed by atoms with van der Waals surface area (Å²) in [5, 5.41) is 0. The van der Waals surface area contributed by atoms with E-state index in [2.05, 4.69) is 18.0 Å². The van der Waals surface area contributed by atoms with E-state index in [1.165, 1.54) is 5.56 Å². The highest BCUT2D eigenvalue weighted by Crippen LogP contribution is 2.31. The fourth-order valence-electron chi connectivity index (χ4n) is 3.05. The number of hydrogen-bond acceptors (Lipinski definition) is 3. The van der Waals surface area contributed by atoms with Crippen LogP contribution in [0.3, 0.4) is 0 Å². The predicted octanol–water partition coefficient (Wildman–Crippen LogP) is 2.99. The number of pyridine rings is 1. The molecule has 4 nitrogen and oxygen atoms in total. The molecule has 0 bridgehead atoms. The van der Waals surface area contributed by atoms with E-state index in [1.54, 1.807) is 6.20 Å². The van der Waals surface area contributed by atoms with Crippen molar-refractivity contribution in [2.45, 2.75) is 13.3 Å². The minimum absolute atomic E-state index is 0.0239. The number of fused-ring (bicyclic) bond motifs is 1. The third-order valence-corrected chi connectivity index (χ3v) is 4.03. The van der Waals surface area contributed by atoms with Gasteiger partial charge < -0.3 is 9.80 Å². The van der Waals surface area contributed by atoms with E-state index in [0.717, 1.165) is 18.7 Å². The Bertz CT molecular complexity index is 696. The van der Waals surface area contributed by atoms with Gasteiger partial charge in [-0.3, -0.25) is 4.79 Å². The topological polar surface area (TPSA) is 36.4 Å². The lowest BCUT2D eigenvalue weighted by Crippen LogP contribution is -2.39.